The molecular formula is C33H30O8. The van der Waals surface area contributed by atoms with E-state index in [4.69, 9.17) is 14.6 Å². The molecule has 0 saturated carbocycles. The minimum atomic E-state index is -0.471. The molecule has 0 atom stereocenters. The molecule has 0 fully saturated rings. The Morgan fingerprint density at radius 1 is 0.561 bits per heavy atom. The van der Waals surface area contributed by atoms with Gasteiger partial charge in [-0.1, -0.05) is 72.8 Å². The van der Waals surface area contributed by atoms with Crippen LogP contribution in [0, 0.1) is 0 Å². The highest BCUT2D eigenvalue weighted by molar-refractivity contribution is 5.87. The van der Waals surface area contributed by atoms with Gasteiger partial charge in [0.25, 0.3) is 0 Å². The molecule has 0 radical (unpaired) electrons. The predicted molar refractivity (Wildman–Crippen MR) is 155 cm³/mol. The van der Waals surface area contributed by atoms with Gasteiger partial charge < -0.3 is 29.9 Å². The second-order valence-electron chi connectivity index (χ2n) is 8.66. The van der Waals surface area contributed by atoms with Crippen LogP contribution >= 0.6 is 0 Å². The summed E-state index contributed by atoms with van der Waals surface area (Å²) in [4.78, 5) is 23.1. The lowest BCUT2D eigenvalue weighted by molar-refractivity contribution is -0.139. The number of phenolic OH excluding ortho intramolecular Hbond substituents is 4. The summed E-state index contributed by atoms with van der Waals surface area (Å²) in [5.74, 6) is -1.77. The summed E-state index contributed by atoms with van der Waals surface area (Å²) in [5, 5.41) is 37.0. The van der Waals surface area contributed by atoms with Crippen LogP contribution in [0.25, 0.3) is 12.2 Å². The van der Waals surface area contributed by atoms with E-state index in [2.05, 4.69) is 0 Å². The maximum atomic E-state index is 11.5. The quantitative estimate of drug-likeness (QED) is 0.117. The van der Waals surface area contributed by atoms with Gasteiger partial charge in [-0.15, -0.1) is 0 Å². The van der Waals surface area contributed by atoms with Crippen LogP contribution in [0.3, 0.4) is 0 Å². The smallest absolute Gasteiger partial charge is 0.331 e. The van der Waals surface area contributed by atoms with E-state index < -0.39 is 11.9 Å². The molecule has 210 valence electrons. The number of carbonyl (C=O) groups excluding carboxylic acids is 2. The van der Waals surface area contributed by atoms with Crippen LogP contribution in [0.1, 0.15) is 22.3 Å². The standard InChI is InChI=1S/C17H16O4.C16H14O4/c18-15-8-6-14(12-16(15)19)7-9-17(20)21-11-10-13-4-2-1-3-5-13;17-14-8-6-12(10-15(14)18)7-9-16(19)20-11-13-4-2-1-3-5-13/h1-9,12,18-19H,10-11H2;1-10,17-18H,11H2/b2*9-7+. The van der Waals surface area contributed by atoms with Gasteiger partial charge in [-0.05, 0) is 58.7 Å². The van der Waals surface area contributed by atoms with E-state index >= 15 is 0 Å². The fourth-order valence-corrected chi connectivity index (χ4v) is 3.36. The van der Waals surface area contributed by atoms with Crippen molar-refractivity contribution in [3.05, 3.63) is 131 Å². The Morgan fingerprint density at radius 3 is 1.51 bits per heavy atom. The number of phenols is 4. The van der Waals surface area contributed by atoms with E-state index in [9.17, 15) is 24.9 Å². The van der Waals surface area contributed by atoms with Crippen molar-refractivity contribution < 1.29 is 39.5 Å². The van der Waals surface area contributed by atoms with Gasteiger partial charge in [0, 0.05) is 18.6 Å². The van der Waals surface area contributed by atoms with Crippen LogP contribution in [0.15, 0.2) is 109 Å². The summed E-state index contributed by atoms with van der Waals surface area (Å²) in [5.41, 5.74) is 3.22. The molecule has 0 aliphatic rings. The van der Waals surface area contributed by atoms with Gasteiger partial charge >= 0.3 is 11.9 Å². The third-order valence-corrected chi connectivity index (χ3v) is 5.52. The van der Waals surface area contributed by atoms with Crippen molar-refractivity contribution in [3.63, 3.8) is 0 Å². The van der Waals surface area contributed by atoms with Gasteiger partial charge in [0.2, 0.25) is 0 Å². The van der Waals surface area contributed by atoms with E-state index in [1.165, 1.54) is 48.6 Å². The lowest BCUT2D eigenvalue weighted by Crippen LogP contribution is -2.04. The first-order valence-corrected chi connectivity index (χ1v) is 12.6. The summed E-state index contributed by atoms with van der Waals surface area (Å²) < 4.78 is 10.2. The molecule has 0 bridgehead atoms. The lowest BCUT2D eigenvalue weighted by atomic mass is 10.2. The molecule has 0 spiro atoms. The number of carbonyl (C=O) groups is 2. The van der Waals surface area contributed by atoms with Crippen molar-refractivity contribution >= 4 is 24.1 Å². The van der Waals surface area contributed by atoms with Crippen LogP contribution in [0.2, 0.25) is 0 Å². The molecule has 0 heterocycles. The van der Waals surface area contributed by atoms with Crippen molar-refractivity contribution in [3.8, 4) is 23.0 Å². The first-order valence-electron chi connectivity index (χ1n) is 12.6. The molecule has 4 aromatic carbocycles. The van der Waals surface area contributed by atoms with E-state index in [1.54, 1.807) is 12.1 Å². The SMILES string of the molecule is O=C(/C=C/c1ccc(O)c(O)c1)OCCc1ccccc1.O=C(/C=C/c1ccc(O)c(O)c1)OCc1ccccc1. The Labute approximate surface area is 237 Å². The fraction of sp³-hybridized carbons (Fsp3) is 0.0909. The minimum Gasteiger partial charge on any atom is -0.504 e. The van der Waals surface area contributed by atoms with Crippen LogP contribution < -0.4 is 0 Å². The number of esters is 2. The lowest BCUT2D eigenvalue weighted by Gasteiger charge is -2.02. The van der Waals surface area contributed by atoms with E-state index in [0.717, 1.165) is 11.1 Å². The van der Waals surface area contributed by atoms with Crippen LogP contribution in [0.5, 0.6) is 23.0 Å². The number of benzene rings is 4. The molecule has 4 aromatic rings. The van der Waals surface area contributed by atoms with Crippen LogP contribution in [-0.2, 0) is 32.1 Å². The van der Waals surface area contributed by atoms with Gasteiger partial charge in [-0.3, -0.25) is 0 Å². The zero-order valence-corrected chi connectivity index (χ0v) is 22.1. The highest BCUT2D eigenvalue weighted by Gasteiger charge is 2.02. The monoisotopic (exact) mass is 554 g/mol. The van der Waals surface area contributed by atoms with E-state index in [-0.39, 0.29) is 29.6 Å². The fourth-order valence-electron chi connectivity index (χ4n) is 3.36. The molecule has 0 amide bonds. The molecule has 8 nitrogen and oxygen atoms in total. The molecular weight excluding hydrogens is 524 g/mol. The van der Waals surface area contributed by atoms with E-state index in [0.29, 0.717) is 24.2 Å². The summed E-state index contributed by atoms with van der Waals surface area (Å²) in [6.45, 7) is 0.527. The van der Waals surface area contributed by atoms with Crippen molar-refractivity contribution in [2.75, 3.05) is 6.61 Å². The number of aromatic hydroxyl groups is 4. The van der Waals surface area contributed by atoms with Gasteiger partial charge in [0.1, 0.15) is 6.61 Å². The number of rotatable bonds is 9. The minimum absolute atomic E-state index is 0.197. The predicted octanol–water partition coefficient (Wildman–Crippen LogP) is 5.75. The van der Waals surface area contributed by atoms with Crippen molar-refractivity contribution in [1.82, 2.24) is 0 Å². The molecule has 41 heavy (non-hydrogen) atoms. The topological polar surface area (TPSA) is 134 Å². The Bertz CT molecular complexity index is 1480. The second-order valence-corrected chi connectivity index (χ2v) is 8.66. The van der Waals surface area contributed by atoms with Gasteiger partial charge in [-0.2, -0.15) is 0 Å². The Balaban J connectivity index is 0.000000226. The summed E-state index contributed by atoms with van der Waals surface area (Å²) in [7, 11) is 0. The van der Waals surface area contributed by atoms with Crippen molar-refractivity contribution in [2.24, 2.45) is 0 Å². The molecule has 0 aliphatic carbocycles. The van der Waals surface area contributed by atoms with Gasteiger partial charge in [-0.25, -0.2) is 9.59 Å². The van der Waals surface area contributed by atoms with Crippen LogP contribution in [-0.4, -0.2) is 39.0 Å². The molecule has 0 saturated heterocycles. The van der Waals surface area contributed by atoms with Crippen molar-refractivity contribution in [2.45, 2.75) is 13.0 Å². The van der Waals surface area contributed by atoms with Crippen LogP contribution in [0.4, 0.5) is 0 Å². The Morgan fingerprint density at radius 2 is 1.02 bits per heavy atom. The normalized spacial score (nSPS) is 10.6. The second kappa shape index (κ2) is 15.8. The molecule has 4 N–H and O–H groups in total. The molecule has 8 heteroatoms. The average molecular weight is 555 g/mol. The van der Waals surface area contributed by atoms with Gasteiger partial charge in [0.05, 0.1) is 6.61 Å². The zero-order chi connectivity index (χ0) is 29.5. The molecule has 0 unspecified atom stereocenters. The van der Waals surface area contributed by atoms with Crippen molar-refractivity contribution in [1.29, 1.82) is 0 Å². The zero-order valence-electron chi connectivity index (χ0n) is 22.1. The maximum Gasteiger partial charge on any atom is 0.331 e. The number of hydrogen-bond acceptors (Lipinski definition) is 8. The molecule has 0 aromatic heterocycles. The largest absolute Gasteiger partial charge is 0.504 e. The highest BCUT2D eigenvalue weighted by atomic mass is 16.5. The Kier molecular flexibility index (Phi) is 11.6. The summed E-state index contributed by atoms with van der Waals surface area (Å²) in [6.07, 6.45) is 6.25. The third-order valence-electron chi connectivity index (χ3n) is 5.52. The van der Waals surface area contributed by atoms with Gasteiger partial charge in [0.15, 0.2) is 23.0 Å². The number of hydrogen-bond donors (Lipinski definition) is 4. The summed E-state index contributed by atoms with van der Waals surface area (Å²) >= 11 is 0. The molecule has 0 aliphatic heterocycles. The highest BCUT2D eigenvalue weighted by Crippen LogP contribution is 2.26. The molecule has 4 rings (SSSR count). The third kappa shape index (κ3) is 11.0. The first-order chi connectivity index (χ1) is 19.8. The average Bonchev–Trinajstić information content (AvgIpc) is 2.99. The Hall–Kier alpha value is -5.50. The van der Waals surface area contributed by atoms with E-state index in [1.807, 2.05) is 60.7 Å². The number of ether oxygens (including phenoxy) is 2. The summed E-state index contributed by atoms with van der Waals surface area (Å²) in [6, 6.07) is 27.7. The maximum absolute atomic E-state index is 11.5. The first kappa shape index (κ1) is 30.0.